The van der Waals surface area contributed by atoms with Crippen LogP contribution < -0.4 is 16.0 Å². The third kappa shape index (κ3) is 7.67. The summed E-state index contributed by atoms with van der Waals surface area (Å²) in [6, 6.07) is 2.38. The summed E-state index contributed by atoms with van der Waals surface area (Å²) in [5, 5.41) is 8.10. The maximum Gasteiger partial charge on any atom is 0.407 e. The van der Waals surface area contributed by atoms with E-state index >= 15 is 0 Å². The molecule has 1 saturated carbocycles. The first-order valence-corrected chi connectivity index (χ1v) is 10.7. The van der Waals surface area contributed by atoms with Crippen molar-refractivity contribution in [3.8, 4) is 0 Å². The molecule has 1 aliphatic rings. The van der Waals surface area contributed by atoms with Crippen molar-refractivity contribution in [2.45, 2.75) is 57.7 Å². The number of hydrogen-bond donors (Lipinski definition) is 3. The zero-order valence-corrected chi connectivity index (χ0v) is 19.7. The molecule has 10 nitrogen and oxygen atoms in total. The summed E-state index contributed by atoms with van der Waals surface area (Å²) in [4.78, 5) is 54.9. The van der Waals surface area contributed by atoms with Crippen molar-refractivity contribution < 1.29 is 23.9 Å². The van der Waals surface area contributed by atoms with Crippen LogP contribution >= 0.6 is 11.6 Å². The van der Waals surface area contributed by atoms with E-state index in [0.29, 0.717) is 17.9 Å². The SMILES string of the molecule is CN(C)C(=O)C1CCC(NC(=O)C(=O)Nc2ccc(Cl)cn2)C(OC(=O)NC(C)(C)C)C1. The average Bonchev–Trinajstić information content (AvgIpc) is 2.68. The summed E-state index contributed by atoms with van der Waals surface area (Å²) in [6.07, 6.45) is 1.01. The molecular formula is C21H30ClN5O5. The predicted octanol–water partition coefficient (Wildman–Crippen LogP) is 1.94. The monoisotopic (exact) mass is 467 g/mol. The van der Waals surface area contributed by atoms with Crippen molar-refractivity contribution in [3.05, 3.63) is 23.4 Å². The van der Waals surface area contributed by atoms with Gasteiger partial charge in [-0.25, -0.2) is 9.78 Å². The number of carbonyl (C=O) groups excluding carboxylic acids is 4. The number of ether oxygens (including phenoxy) is 1. The van der Waals surface area contributed by atoms with E-state index in [1.165, 1.54) is 23.2 Å². The molecule has 32 heavy (non-hydrogen) atoms. The molecular weight excluding hydrogens is 438 g/mol. The number of carbonyl (C=O) groups is 4. The minimum absolute atomic E-state index is 0.0776. The lowest BCUT2D eigenvalue weighted by Crippen LogP contribution is -2.54. The third-order valence-electron chi connectivity index (χ3n) is 4.81. The summed E-state index contributed by atoms with van der Waals surface area (Å²) in [5.41, 5.74) is -0.519. The Labute approximate surface area is 192 Å². The Morgan fingerprint density at radius 2 is 1.81 bits per heavy atom. The number of alkyl carbamates (subject to hydrolysis) is 1. The number of pyridine rings is 1. The minimum atomic E-state index is -0.913. The molecule has 1 fully saturated rings. The van der Waals surface area contributed by atoms with Crippen molar-refractivity contribution >= 4 is 41.2 Å². The average molecular weight is 468 g/mol. The summed E-state index contributed by atoms with van der Waals surface area (Å²) in [5.74, 6) is -2.06. The van der Waals surface area contributed by atoms with Gasteiger partial charge in [0.15, 0.2) is 0 Å². The smallest absolute Gasteiger partial charge is 0.407 e. The van der Waals surface area contributed by atoms with Crippen LogP contribution in [0, 0.1) is 5.92 Å². The van der Waals surface area contributed by atoms with Gasteiger partial charge in [0.05, 0.1) is 11.1 Å². The second kappa shape index (κ2) is 10.6. The van der Waals surface area contributed by atoms with Crippen molar-refractivity contribution in [2.75, 3.05) is 19.4 Å². The molecule has 0 aliphatic heterocycles. The Balaban J connectivity index is 2.07. The second-order valence-corrected chi connectivity index (χ2v) is 9.39. The first-order valence-electron chi connectivity index (χ1n) is 10.3. The molecule has 1 aromatic heterocycles. The summed E-state index contributed by atoms with van der Waals surface area (Å²) in [6.45, 7) is 5.42. The number of nitrogens with one attached hydrogen (secondary N) is 3. The lowest BCUT2D eigenvalue weighted by Gasteiger charge is -2.36. The fourth-order valence-electron chi connectivity index (χ4n) is 3.34. The highest BCUT2D eigenvalue weighted by Crippen LogP contribution is 2.28. The van der Waals surface area contributed by atoms with Gasteiger partial charge in [-0.15, -0.1) is 0 Å². The maximum atomic E-state index is 12.5. The minimum Gasteiger partial charge on any atom is -0.444 e. The molecule has 4 amide bonds. The van der Waals surface area contributed by atoms with Crippen LogP contribution in [0.4, 0.5) is 10.6 Å². The van der Waals surface area contributed by atoms with Crippen LogP contribution in [0.15, 0.2) is 18.3 Å². The van der Waals surface area contributed by atoms with E-state index in [2.05, 4.69) is 20.9 Å². The van der Waals surface area contributed by atoms with E-state index in [1.807, 2.05) is 20.8 Å². The summed E-state index contributed by atoms with van der Waals surface area (Å²) in [7, 11) is 3.32. The largest absolute Gasteiger partial charge is 0.444 e. The summed E-state index contributed by atoms with van der Waals surface area (Å²) >= 11 is 5.76. The lowest BCUT2D eigenvalue weighted by molar-refractivity contribution is -0.139. The van der Waals surface area contributed by atoms with Gasteiger partial charge in [-0.1, -0.05) is 11.6 Å². The molecule has 176 valence electrons. The van der Waals surface area contributed by atoms with Crippen molar-refractivity contribution in [3.63, 3.8) is 0 Å². The zero-order chi connectivity index (χ0) is 24.1. The van der Waals surface area contributed by atoms with Crippen LogP contribution in [0.2, 0.25) is 5.02 Å². The fraction of sp³-hybridized carbons (Fsp3) is 0.571. The lowest BCUT2D eigenvalue weighted by atomic mass is 9.83. The normalized spacial score (nSPS) is 20.6. The van der Waals surface area contributed by atoms with E-state index in [1.54, 1.807) is 14.1 Å². The molecule has 3 atom stereocenters. The quantitative estimate of drug-likeness (QED) is 0.580. The highest BCUT2D eigenvalue weighted by atomic mass is 35.5. The molecule has 1 aliphatic carbocycles. The van der Waals surface area contributed by atoms with Gasteiger partial charge in [0.2, 0.25) is 5.91 Å². The highest BCUT2D eigenvalue weighted by molar-refractivity contribution is 6.39. The number of amides is 4. The highest BCUT2D eigenvalue weighted by Gasteiger charge is 2.38. The molecule has 3 N–H and O–H groups in total. The number of anilines is 1. The van der Waals surface area contributed by atoms with Crippen molar-refractivity contribution in [2.24, 2.45) is 5.92 Å². The van der Waals surface area contributed by atoms with Gasteiger partial charge in [-0.2, -0.15) is 0 Å². The van der Waals surface area contributed by atoms with Crippen LogP contribution in [0.5, 0.6) is 0 Å². The topological polar surface area (TPSA) is 130 Å². The molecule has 2 rings (SSSR count). The molecule has 0 radical (unpaired) electrons. The van der Waals surface area contributed by atoms with Crippen LogP contribution in [-0.4, -0.2) is 65.5 Å². The Morgan fingerprint density at radius 1 is 1.12 bits per heavy atom. The number of nitrogens with zero attached hydrogens (tertiary/aromatic N) is 2. The third-order valence-corrected chi connectivity index (χ3v) is 5.03. The van der Waals surface area contributed by atoms with Gasteiger partial charge in [-0.3, -0.25) is 14.4 Å². The van der Waals surface area contributed by atoms with Crippen LogP contribution in [0.25, 0.3) is 0 Å². The number of rotatable bonds is 4. The van der Waals surface area contributed by atoms with Gasteiger partial charge >= 0.3 is 17.9 Å². The van der Waals surface area contributed by atoms with E-state index in [4.69, 9.17) is 16.3 Å². The van der Waals surface area contributed by atoms with Gasteiger partial charge in [0, 0.05) is 31.7 Å². The Bertz CT molecular complexity index is 853. The standard InChI is InChI=1S/C21H30ClN5O5/c1-21(2,3)26-20(31)32-15-10-12(19(30)27(4)5)6-8-14(15)24-17(28)18(29)25-16-9-7-13(22)11-23-16/h7,9,11-12,14-15H,6,8,10H2,1-5H3,(H,24,28)(H,26,31)(H,23,25,29). The van der Waals surface area contributed by atoms with Crippen molar-refractivity contribution in [1.29, 1.82) is 0 Å². The predicted molar refractivity (Wildman–Crippen MR) is 119 cm³/mol. The summed E-state index contributed by atoms with van der Waals surface area (Å²) < 4.78 is 5.56. The van der Waals surface area contributed by atoms with Gasteiger partial charge in [0.25, 0.3) is 0 Å². The van der Waals surface area contributed by atoms with Crippen LogP contribution in [0.3, 0.4) is 0 Å². The Kier molecular flexibility index (Phi) is 8.43. The molecule has 0 spiro atoms. The van der Waals surface area contributed by atoms with E-state index in [9.17, 15) is 19.2 Å². The molecule has 1 aromatic rings. The van der Waals surface area contributed by atoms with Gasteiger partial charge in [-0.05, 0) is 52.2 Å². The maximum absolute atomic E-state index is 12.5. The van der Waals surface area contributed by atoms with Gasteiger partial charge in [0.1, 0.15) is 11.9 Å². The number of hydrogen-bond acceptors (Lipinski definition) is 6. The second-order valence-electron chi connectivity index (χ2n) is 8.96. The number of halogens is 1. The molecule has 0 saturated heterocycles. The van der Waals surface area contributed by atoms with Crippen molar-refractivity contribution in [1.82, 2.24) is 20.5 Å². The molecule has 11 heteroatoms. The fourth-order valence-corrected chi connectivity index (χ4v) is 3.46. The molecule has 1 heterocycles. The molecule has 3 unspecified atom stereocenters. The van der Waals surface area contributed by atoms with Gasteiger partial charge < -0.3 is 25.6 Å². The van der Waals surface area contributed by atoms with E-state index < -0.39 is 35.6 Å². The van der Waals surface area contributed by atoms with E-state index in [-0.39, 0.29) is 24.1 Å². The molecule has 0 aromatic carbocycles. The Morgan fingerprint density at radius 3 is 2.38 bits per heavy atom. The molecule has 0 bridgehead atoms. The Hall–Kier alpha value is -2.88. The first kappa shape index (κ1) is 25.4. The van der Waals surface area contributed by atoms with Crippen LogP contribution in [-0.2, 0) is 19.1 Å². The first-order chi connectivity index (χ1) is 14.9. The van der Waals surface area contributed by atoms with E-state index in [0.717, 1.165) is 0 Å². The number of aromatic nitrogens is 1. The zero-order valence-electron chi connectivity index (χ0n) is 18.9. The van der Waals surface area contributed by atoms with Crippen LogP contribution in [0.1, 0.15) is 40.0 Å².